The molecule has 3 aromatic heterocycles. The van der Waals surface area contributed by atoms with Crippen LogP contribution in [0.25, 0.3) is 10.3 Å². The summed E-state index contributed by atoms with van der Waals surface area (Å²) in [6.07, 6.45) is 3.41. The second kappa shape index (κ2) is 11.1. The molecule has 1 aromatic carbocycles. The number of aliphatic hydroxyl groups is 1. The average molecular weight is 492 g/mol. The first kappa shape index (κ1) is 23.7. The van der Waals surface area contributed by atoms with E-state index in [9.17, 15) is 0 Å². The Morgan fingerprint density at radius 3 is 2.49 bits per heavy atom. The molecule has 1 unspecified atom stereocenters. The van der Waals surface area contributed by atoms with Crippen LogP contribution in [-0.4, -0.2) is 74.2 Å². The maximum atomic E-state index is 9.09. The van der Waals surface area contributed by atoms with E-state index in [1.165, 1.54) is 16.9 Å². The minimum atomic E-state index is -0.468. The minimum Gasteiger partial charge on any atom is -0.459 e. The van der Waals surface area contributed by atoms with E-state index in [1.54, 1.807) is 18.5 Å². The van der Waals surface area contributed by atoms with E-state index in [0.29, 0.717) is 18.3 Å². The Hall–Kier alpha value is -3.02. The van der Waals surface area contributed by atoms with Crippen molar-refractivity contribution in [3.8, 4) is 6.01 Å². The Bertz CT molecular complexity index is 1210. The van der Waals surface area contributed by atoms with Gasteiger partial charge in [-0.05, 0) is 29.3 Å². The fourth-order valence-electron chi connectivity index (χ4n) is 4.10. The topological polar surface area (TPSA) is 114 Å². The van der Waals surface area contributed by atoms with Crippen LogP contribution < -0.4 is 10.5 Å². The third kappa shape index (κ3) is 5.98. The van der Waals surface area contributed by atoms with Crippen LogP contribution in [0.5, 0.6) is 6.01 Å². The number of nitrogens with two attached hydrogens (primary N) is 1. The van der Waals surface area contributed by atoms with Gasteiger partial charge < -0.3 is 15.6 Å². The van der Waals surface area contributed by atoms with Crippen LogP contribution in [0.15, 0.2) is 54.9 Å². The van der Waals surface area contributed by atoms with Crippen molar-refractivity contribution in [2.24, 2.45) is 5.73 Å². The average Bonchev–Trinajstić information content (AvgIpc) is 3.34. The first-order valence-corrected chi connectivity index (χ1v) is 12.6. The highest BCUT2D eigenvalue weighted by molar-refractivity contribution is 7.18. The molecule has 3 N–H and O–H groups in total. The first-order valence-electron chi connectivity index (χ1n) is 11.7. The van der Waals surface area contributed by atoms with Crippen LogP contribution in [-0.2, 0) is 13.2 Å². The van der Waals surface area contributed by atoms with Crippen LogP contribution in [0, 0.1) is 0 Å². The number of ether oxygens (including phenoxy) is 1. The van der Waals surface area contributed by atoms with E-state index >= 15 is 0 Å². The number of piperazine rings is 1. The van der Waals surface area contributed by atoms with Crippen molar-refractivity contribution >= 4 is 21.7 Å². The summed E-state index contributed by atoms with van der Waals surface area (Å²) in [6.45, 7) is 6.36. The fraction of sp³-hybridized carbons (Fsp3) is 0.360. The molecule has 1 atom stereocenters. The zero-order valence-electron chi connectivity index (χ0n) is 19.5. The second-order valence-corrected chi connectivity index (χ2v) is 9.58. The van der Waals surface area contributed by atoms with Gasteiger partial charge in [-0.25, -0.2) is 15.0 Å². The van der Waals surface area contributed by atoms with Gasteiger partial charge in [0, 0.05) is 51.7 Å². The molecule has 5 rings (SSSR count). The van der Waals surface area contributed by atoms with E-state index < -0.39 is 6.04 Å². The van der Waals surface area contributed by atoms with Crippen molar-refractivity contribution in [3.05, 3.63) is 76.7 Å². The number of rotatable bonds is 9. The van der Waals surface area contributed by atoms with Gasteiger partial charge in [0.2, 0.25) is 0 Å². The summed E-state index contributed by atoms with van der Waals surface area (Å²) in [6, 6.07) is 13.9. The number of hydrogen-bond acceptors (Lipinski definition) is 10. The van der Waals surface area contributed by atoms with Gasteiger partial charge in [0.15, 0.2) is 0 Å². The summed E-state index contributed by atoms with van der Waals surface area (Å²) in [5.41, 5.74) is 10.2. The van der Waals surface area contributed by atoms with E-state index in [-0.39, 0.29) is 6.61 Å². The standard InChI is InChI=1S/C25H29N7O2S/c26-22(24-29-21-2-1-8-27-23(21)35-24)20-7-9-28-25(30-20)34-17-19-5-3-18(4-6-19)16-32-12-10-31(11-13-32)14-15-33/h1-9,22,33H,10-17,26H2. The van der Waals surface area contributed by atoms with Crippen molar-refractivity contribution < 1.29 is 9.84 Å². The molecule has 1 fully saturated rings. The van der Waals surface area contributed by atoms with Crippen LogP contribution in [0.2, 0.25) is 0 Å². The van der Waals surface area contributed by atoms with Gasteiger partial charge in [-0.2, -0.15) is 4.98 Å². The number of β-amino-alcohol motifs (C(OH)–C–C–N with tert-alkyl or cyclic N) is 1. The fourth-order valence-corrected chi connectivity index (χ4v) is 5.02. The molecule has 9 nitrogen and oxygen atoms in total. The van der Waals surface area contributed by atoms with Crippen LogP contribution in [0.3, 0.4) is 0 Å². The van der Waals surface area contributed by atoms with Crippen molar-refractivity contribution in [2.75, 3.05) is 39.3 Å². The Kier molecular flexibility index (Phi) is 7.55. The highest BCUT2D eigenvalue weighted by Crippen LogP contribution is 2.27. The molecule has 0 radical (unpaired) electrons. The summed E-state index contributed by atoms with van der Waals surface area (Å²) in [7, 11) is 0. The normalized spacial score (nSPS) is 15.9. The molecule has 4 heterocycles. The highest BCUT2D eigenvalue weighted by Gasteiger charge is 2.18. The van der Waals surface area contributed by atoms with Crippen molar-refractivity contribution in [1.82, 2.24) is 29.7 Å². The lowest BCUT2D eigenvalue weighted by Crippen LogP contribution is -2.46. The van der Waals surface area contributed by atoms with Gasteiger partial charge in [0.25, 0.3) is 0 Å². The Balaban J connectivity index is 1.15. The monoisotopic (exact) mass is 491 g/mol. The lowest BCUT2D eigenvalue weighted by molar-refractivity contribution is 0.108. The molecular weight excluding hydrogens is 462 g/mol. The quantitative estimate of drug-likeness (QED) is 0.364. The molecule has 1 saturated heterocycles. The number of aliphatic hydroxyl groups excluding tert-OH is 1. The lowest BCUT2D eigenvalue weighted by Gasteiger charge is -2.34. The second-order valence-electron chi connectivity index (χ2n) is 8.57. The molecule has 1 aliphatic rings. The molecule has 4 aromatic rings. The van der Waals surface area contributed by atoms with Gasteiger partial charge in [-0.15, -0.1) is 0 Å². The molecule has 182 valence electrons. The number of nitrogens with zero attached hydrogens (tertiary/aromatic N) is 6. The first-order chi connectivity index (χ1) is 17.2. The smallest absolute Gasteiger partial charge is 0.316 e. The number of fused-ring (bicyclic) bond motifs is 1. The Labute approximate surface area is 208 Å². The SMILES string of the molecule is NC(c1ccnc(OCc2ccc(CN3CCN(CCO)CC3)cc2)n1)c1nc2cccnc2s1. The third-order valence-electron chi connectivity index (χ3n) is 6.10. The summed E-state index contributed by atoms with van der Waals surface area (Å²) in [5.74, 6) is 0. The molecule has 10 heteroatoms. The van der Waals surface area contributed by atoms with Gasteiger partial charge in [-0.3, -0.25) is 9.80 Å². The number of benzene rings is 1. The zero-order valence-corrected chi connectivity index (χ0v) is 20.3. The lowest BCUT2D eigenvalue weighted by atomic mass is 10.1. The summed E-state index contributed by atoms with van der Waals surface area (Å²) < 4.78 is 5.86. The number of hydrogen-bond donors (Lipinski definition) is 2. The number of thiazole rings is 1. The van der Waals surface area contributed by atoms with Crippen LogP contribution >= 0.6 is 11.3 Å². The molecule has 35 heavy (non-hydrogen) atoms. The molecule has 0 bridgehead atoms. The molecular formula is C25H29N7O2S. The van der Waals surface area contributed by atoms with E-state index in [1.807, 2.05) is 12.1 Å². The highest BCUT2D eigenvalue weighted by atomic mass is 32.1. The van der Waals surface area contributed by atoms with Crippen molar-refractivity contribution in [3.63, 3.8) is 0 Å². The van der Waals surface area contributed by atoms with Gasteiger partial charge >= 0.3 is 6.01 Å². The molecule has 0 aliphatic carbocycles. The predicted octanol–water partition coefficient (Wildman–Crippen LogP) is 2.22. The van der Waals surface area contributed by atoms with Crippen molar-refractivity contribution in [2.45, 2.75) is 19.2 Å². The van der Waals surface area contributed by atoms with E-state index in [4.69, 9.17) is 15.6 Å². The minimum absolute atomic E-state index is 0.229. The molecule has 0 saturated carbocycles. The predicted molar refractivity (Wildman–Crippen MR) is 135 cm³/mol. The number of aromatic nitrogens is 4. The van der Waals surface area contributed by atoms with Gasteiger partial charge in [0.05, 0.1) is 12.3 Å². The molecule has 0 spiro atoms. The van der Waals surface area contributed by atoms with E-state index in [2.05, 4.69) is 54.0 Å². The Morgan fingerprint density at radius 2 is 1.71 bits per heavy atom. The Morgan fingerprint density at radius 1 is 0.943 bits per heavy atom. The maximum absolute atomic E-state index is 9.09. The van der Waals surface area contributed by atoms with E-state index in [0.717, 1.165) is 60.2 Å². The molecule has 0 amide bonds. The summed E-state index contributed by atoms with van der Waals surface area (Å²) in [5, 5.41) is 9.85. The summed E-state index contributed by atoms with van der Waals surface area (Å²) in [4.78, 5) is 23.3. The van der Waals surface area contributed by atoms with Crippen LogP contribution in [0.1, 0.15) is 27.9 Å². The van der Waals surface area contributed by atoms with Crippen LogP contribution in [0.4, 0.5) is 0 Å². The van der Waals surface area contributed by atoms with Gasteiger partial charge in [-0.1, -0.05) is 35.6 Å². The van der Waals surface area contributed by atoms with Crippen molar-refractivity contribution in [1.29, 1.82) is 0 Å². The van der Waals surface area contributed by atoms with Gasteiger partial charge in [0.1, 0.15) is 28.0 Å². The number of pyridine rings is 1. The largest absolute Gasteiger partial charge is 0.459 e. The third-order valence-corrected chi connectivity index (χ3v) is 7.16. The maximum Gasteiger partial charge on any atom is 0.316 e. The zero-order chi connectivity index (χ0) is 24.0. The molecule has 1 aliphatic heterocycles. The summed E-state index contributed by atoms with van der Waals surface area (Å²) >= 11 is 1.47.